The first-order valence-corrected chi connectivity index (χ1v) is 6.09. The number of nitrogens with one attached hydrogen (secondary N) is 1. The Morgan fingerprint density at radius 1 is 1.50 bits per heavy atom. The number of nitrogens with zero attached hydrogens (tertiary/aromatic N) is 1. The zero-order valence-electron chi connectivity index (χ0n) is 9.54. The van der Waals surface area contributed by atoms with Crippen LogP contribution in [0, 0.1) is 5.82 Å². The molecule has 2 aromatic rings. The number of ether oxygens (including phenoxy) is 1. The molecule has 0 aliphatic carbocycles. The van der Waals surface area contributed by atoms with E-state index >= 15 is 0 Å². The average molecular weight is 313 g/mol. The predicted octanol–water partition coefficient (Wildman–Crippen LogP) is 3.16. The van der Waals surface area contributed by atoms with Gasteiger partial charge in [0, 0.05) is 10.0 Å². The molecule has 0 aliphatic heterocycles. The van der Waals surface area contributed by atoms with Gasteiger partial charge in [0.15, 0.2) is 0 Å². The summed E-state index contributed by atoms with van der Waals surface area (Å²) < 4.78 is 19.2. The number of hydrogen-bond acceptors (Lipinski definition) is 3. The van der Waals surface area contributed by atoms with Crippen LogP contribution in [0.25, 0.3) is 11.3 Å². The second-order valence-corrected chi connectivity index (χ2v) is 4.43. The topological polar surface area (TPSA) is 55.0 Å². The van der Waals surface area contributed by atoms with Gasteiger partial charge >= 0.3 is 5.97 Å². The highest BCUT2D eigenvalue weighted by atomic mass is 79.9. The monoisotopic (exact) mass is 312 g/mol. The molecule has 0 bridgehead atoms. The number of benzene rings is 1. The van der Waals surface area contributed by atoms with Gasteiger partial charge in [0.2, 0.25) is 0 Å². The number of carbonyl (C=O) groups excluding carboxylic acids is 1. The fourth-order valence-corrected chi connectivity index (χ4v) is 1.80. The molecule has 1 aromatic heterocycles. The Morgan fingerprint density at radius 2 is 2.28 bits per heavy atom. The van der Waals surface area contributed by atoms with Crippen LogP contribution in [0.2, 0.25) is 0 Å². The number of esters is 1. The lowest BCUT2D eigenvalue weighted by Gasteiger charge is -1.99. The number of carbonyl (C=O) groups is 1. The van der Waals surface area contributed by atoms with Crippen LogP contribution in [-0.2, 0) is 4.74 Å². The van der Waals surface area contributed by atoms with E-state index in [2.05, 4.69) is 26.1 Å². The van der Waals surface area contributed by atoms with Crippen LogP contribution in [0.4, 0.5) is 4.39 Å². The van der Waals surface area contributed by atoms with Crippen LogP contribution in [-0.4, -0.2) is 22.8 Å². The lowest BCUT2D eigenvalue weighted by molar-refractivity contribution is 0.0519. The minimum Gasteiger partial charge on any atom is -0.461 e. The van der Waals surface area contributed by atoms with E-state index in [9.17, 15) is 9.18 Å². The number of halogens is 2. The van der Waals surface area contributed by atoms with Gasteiger partial charge in [-0.15, -0.1) is 0 Å². The lowest BCUT2D eigenvalue weighted by Crippen LogP contribution is -2.04. The van der Waals surface area contributed by atoms with Crippen molar-refractivity contribution in [2.45, 2.75) is 6.92 Å². The first-order valence-electron chi connectivity index (χ1n) is 5.29. The normalized spacial score (nSPS) is 10.4. The number of rotatable bonds is 3. The molecule has 0 radical (unpaired) electrons. The summed E-state index contributed by atoms with van der Waals surface area (Å²) in [6, 6.07) is 6.10. The van der Waals surface area contributed by atoms with Gasteiger partial charge in [0.05, 0.1) is 12.3 Å². The number of H-pyrrole nitrogens is 1. The minimum atomic E-state index is -0.506. The maximum Gasteiger partial charge on any atom is 0.356 e. The van der Waals surface area contributed by atoms with E-state index < -0.39 is 11.8 Å². The largest absolute Gasteiger partial charge is 0.461 e. The molecule has 6 heteroatoms. The van der Waals surface area contributed by atoms with Crippen LogP contribution < -0.4 is 0 Å². The maximum atomic E-state index is 13.7. The van der Waals surface area contributed by atoms with Crippen molar-refractivity contribution in [2.75, 3.05) is 6.61 Å². The van der Waals surface area contributed by atoms with Crippen molar-refractivity contribution in [3.8, 4) is 11.3 Å². The number of hydrogen-bond donors (Lipinski definition) is 1. The summed E-state index contributed by atoms with van der Waals surface area (Å²) in [5, 5.41) is 6.43. The molecule has 0 amide bonds. The van der Waals surface area contributed by atoms with Crippen molar-refractivity contribution in [1.82, 2.24) is 10.2 Å². The first-order chi connectivity index (χ1) is 8.61. The molecule has 1 aromatic carbocycles. The highest BCUT2D eigenvalue weighted by Crippen LogP contribution is 2.24. The van der Waals surface area contributed by atoms with Crippen molar-refractivity contribution < 1.29 is 13.9 Å². The number of aromatic nitrogens is 2. The van der Waals surface area contributed by atoms with Crippen LogP contribution in [0.3, 0.4) is 0 Å². The molecule has 1 N–H and O–H groups in total. The molecular weight excluding hydrogens is 303 g/mol. The third-order valence-corrected chi connectivity index (χ3v) is 2.77. The Morgan fingerprint density at radius 3 is 2.94 bits per heavy atom. The molecule has 0 atom stereocenters. The summed E-state index contributed by atoms with van der Waals surface area (Å²) in [4.78, 5) is 11.4. The van der Waals surface area contributed by atoms with Gasteiger partial charge in [-0.25, -0.2) is 9.18 Å². The van der Waals surface area contributed by atoms with Gasteiger partial charge in [0.1, 0.15) is 11.5 Å². The van der Waals surface area contributed by atoms with Gasteiger partial charge in [-0.1, -0.05) is 15.9 Å². The Balaban J connectivity index is 2.32. The van der Waals surface area contributed by atoms with E-state index in [-0.39, 0.29) is 12.3 Å². The molecule has 0 spiro atoms. The molecule has 0 unspecified atom stereocenters. The second-order valence-electron chi connectivity index (χ2n) is 3.51. The van der Waals surface area contributed by atoms with Crippen molar-refractivity contribution in [1.29, 1.82) is 0 Å². The van der Waals surface area contributed by atoms with Crippen molar-refractivity contribution in [3.05, 3.63) is 40.2 Å². The summed E-state index contributed by atoms with van der Waals surface area (Å²) in [5.41, 5.74) is 0.891. The molecule has 94 valence electrons. The summed E-state index contributed by atoms with van der Waals surface area (Å²) >= 11 is 3.18. The minimum absolute atomic E-state index is 0.203. The van der Waals surface area contributed by atoms with Gasteiger partial charge in [-0.3, -0.25) is 5.10 Å². The third kappa shape index (κ3) is 2.59. The summed E-state index contributed by atoms with van der Waals surface area (Å²) in [7, 11) is 0. The SMILES string of the molecule is CCOC(=O)c1cc(-c2ccc(Br)cc2F)n[nH]1. The molecule has 0 saturated heterocycles. The third-order valence-electron chi connectivity index (χ3n) is 2.28. The van der Waals surface area contributed by atoms with Gasteiger partial charge in [-0.2, -0.15) is 5.10 Å². The van der Waals surface area contributed by atoms with Crippen molar-refractivity contribution in [2.24, 2.45) is 0 Å². The predicted molar refractivity (Wildman–Crippen MR) is 67.6 cm³/mol. The van der Waals surface area contributed by atoms with Crippen molar-refractivity contribution in [3.63, 3.8) is 0 Å². The standard InChI is InChI=1S/C12H10BrFN2O2/c1-2-18-12(17)11-6-10(15-16-11)8-4-3-7(13)5-9(8)14/h3-6H,2H2,1H3,(H,15,16). The highest BCUT2D eigenvalue weighted by molar-refractivity contribution is 9.10. The van der Waals surface area contributed by atoms with Gasteiger partial charge in [-0.05, 0) is 31.2 Å². The molecule has 18 heavy (non-hydrogen) atoms. The molecule has 2 rings (SSSR count). The highest BCUT2D eigenvalue weighted by Gasteiger charge is 2.14. The van der Waals surface area contributed by atoms with Crippen LogP contribution in [0.1, 0.15) is 17.4 Å². The van der Waals surface area contributed by atoms with E-state index in [1.165, 1.54) is 12.1 Å². The molecule has 0 aliphatic rings. The van der Waals surface area contributed by atoms with Crippen LogP contribution in [0.5, 0.6) is 0 Å². The first kappa shape index (κ1) is 12.8. The Labute approximate surface area is 111 Å². The lowest BCUT2D eigenvalue weighted by atomic mass is 10.1. The quantitative estimate of drug-likeness (QED) is 0.886. The zero-order chi connectivity index (χ0) is 13.1. The maximum absolute atomic E-state index is 13.7. The van der Waals surface area contributed by atoms with E-state index in [1.807, 2.05) is 0 Å². The Bertz CT molecular complexity index is 583. The fraction of sp³-hybridized carbons (Fsp3) is 0.167. The second kappa shape index (κ2) is 5.30. The number of aromatic amines is 1. The molecule has 4 nitrogen and oxygen atoms in total. The Hall–Kier alpha value is -1.69. The molecule has 0 saturated carbocycles. The summed E-state index contributed by atoms with van der Waals surface area (Å²) in [5.74, 6) is -0.917. The van der Waals surface area contributed by atoms with E-state index in [1.54, 1.807) is 19.1 Å². The van der Waals surface area contributed by atoms with E-state index in [4.69, 9.17) is 4.74 Å². The van der Waals surface area contributed by atoms with Gasteiger partial charge in [0.25, 0.3) is 0 Å². The molecule has 0 fully saturated rings. The smallest absolute Gasteiger partial charge is 0.356 e. The molecular formula is C12H10BrFN2O2. The van der Waals surface area contributed by atoms with Crippen molar-refractivity contribution >= 4 is 21.9 Å². The Kier molecular flexibility index (Phi) is 3.76. The summed E-state index contributed by atoms with van der Waals surface area (Å²) in [6.45, 7) is 1.99. The van der Waals surface area contributed by atoms with Gasteiger partial charge < -0.3 is 4.74 Å². The zero-order valence-corrected chi connectivity index (χ0v) is 11.1. The molecule has 1 heterocycles. The van der Waals surface area contributed by atoms with Crippen LogP contribution >= 0.6 is 15.9 Å². The average Bonchev–Trinajstić information content (AvgIpc) is 2.78. The van der Waals surface area contributed by atoms with Crippen LogP contribution in [0.15, 0.2) is 28.7 Å². The van der Waals surface area contributed by atoms with E-state index in [0.717, 1.165) is 0 Å². The summed E-state index contributed by atoms with van der Waals surface area (Å²) in [6.07, 6.45) is 0. The fourth-order valence-electron chi connectivity index (χ4n) is 1.47. The van der Waals surface area contributed by atoms with E-state index in [0.29, 0.717) is 15.7 Å².